The number of carbonyl (C=O) groups is 2. The van der Waals surface area contributed by atoms with E-state index in [1.807, 2.05) is 13.0 Å². The summed E-state index contributed by atoms with van der Waals surface area (Å²) < 4.78 is 21.5. The van der Waals surface area contributed by atoms with Crippen LogP contribution in [0.15, 0.2) is 48.0 Å². The number of nitrogens with one attached hydrogen (secondary N) is 1. The van der Waals surface area contributed by atoms with Crippen molar-refractivity contribution in [2.45, 2.75) is 39.5 Å². The zero-order valence-corrected chi connectivity index (χ0v) is 21.2. The van der Waals surface area contributed by atoms with Gasteiger partial charge in [0.15, 0.2) is 11.5 Å². The third-order valence-electron chi connectivity index (χ3n) is 5.14. The topological polar surface area (TPSA) is 107 Å². The molecule has 0 saturated heterocycles. The Labute approximate surface area is 212 Å². The molecule has 0 aliphatic rings. The van der Waals surface area contributed by atoms with Crippen molar-refractivity contribution in [1.29, 1.82) is 5.26 Å². The zero-order chi connectivity index (χ0) is 26.2. The summed E-state index contributed by atoms with van der Waals surface area (Å²) in [7, 11) is 1.54. The van der Waals surface area contributed by atoms with E-state index in [2.05, 4.69) is 12.2 Å². The van der Waals surface area contributed by atoms with Crippen LogP contribution in [-0.2, 0) is 14.3 Å². The number of unbranched alkanes of at least 4 members (excludes halogenated alkanes) is 3. The lowest BCUT2D eigenvalue weighted by Gasteiger charge is -2.11. The molecule has 0 heterocycles. The van der Waals surface area contributed by atoms with E-state index in [0.717, 1.165) is 19.3 Å². The SMILES string of the molecule is CCCCCCOc1ccc(/C=C(\C#N)C(=O)Nc2cccc(C(=O)OCCOCC)c2)cc1OC. The molecule has 0 aliphatic carbocycles. The molecule has 0 bridgehead atoms. The molecule has 0 spiro atoms. The predicted octanol–water partition coefficient (Wildman–Crippen LogP) is 5.39. The summed E-state index contributed by atoms with van der Waals surface area (Å²) in [5.74, 6) is 0.00255. The minimum atomic E-state index is -0.602. The Hall–Kier alpha value is -3.83. The van der Waals surface area contributed by atoms with Crippen LogP contribution in [0, 0.1) is 11.3 Å². The minimum Gasteiger partial charge on any atom is -0.493 e. The molecule has 0 saturated carbocycles. The minimum absolute atomic E-state index is 0.102. The highest BCUT2D eigenvalue weighted by molar-refractivity contribution is 6.10. The maximum Gasteiger partial charge on any atom is 0.338 e. The van der Waals surface area contributed by atoms with Gasteiger partial charge >= 0.3 is 5.97 Å². The van der Waals surface area contributed by atoms with Gasteiger partial charge in [-0.3, -0.25) is 4.79 Å². The average Bonchev–Trinajstić information content (AvgIpc) is 2.90. The fourth-order valence-corrected chi connectivity index (χ4v) is 3.26. The van der Waals surface area contributed by atoms with Crippen molar-refractivity contribution in [3.8, 4) is 17.6 Å². The van der Waals surface area contributed by atoms with Gasteiger partial charge in [-0.15, -0.1) is 0 Å². The van der Waals surface area contributed by atoms with Crippen LogP contribution >= 0.6 is 0 Å². The van der Waals surface area contributed by atoms with Crippen molar-refractivity contribution in [2.24, 2.45) is 0 Å². The Balaban J connectivity index is 2.05. The molecule has 0 unspecified atom stereocenters. The van der Waals surface area contributed by atoms with E-state index in [-0.39, 0.29) is 17.7 Å². The number of benzene rings is 2. The number of anilines is 1. The van der Waals surface area contributed by atoms with Crippen LogP contribution in [0.1, 0.15) is 55.5 Å². The maximum atomic E-state index is 12.7. The first-order chi connectivity index (χ1) is 17.5. The van der Waals surface area contributed by atoms with Gasteiger partial charge in [0, 0.05) is 12.3 Å². The number of nitrogens with zero attached hydrogens (tertiary/aromatic N) is 1. The molecule has 0 fully saturated rings. The van der Waals surface area contributed by atoms with Gasteiger partial charge < -0.3 is 24.3 Å². The molecule has 0 aliphatic heterocycles. The lowest BCUT2D eigenvalue weighted by molar-refractivity contribution is -0.112. The van der Waals surface area contributed by atoms with Crippen LogP contribution in [0.5, 0.6) is 11.5 Å². The van der Waals surface area contributed by atoms with Gasteiger partial charge in [0.25, 0.3) is 5.91 Å². The van der Waals surface area contributed by atoms with Crippen LogP contribution < -0.4 is 14.8 Å². The number of esters is 1. The van der Waals surface area contributed by atoms with Gasteiger partial charge in [-0.05, 0) is 55.3 Å². The second-order valence-corrected chi connectivity index (χ2v) is 7.86. The molecule has 8 heteroatoms. The van der Waals surface area contributed by atoms with E-state index in [4.69, 9.17) is 18.9 Å². The van der Waals surface area contributed by atoms with E-state index < -0.39 is 11.9 Å². The summed E-state index contributed by atoms with van der Waals surface area (Å²) in [6, 6.07) is 13.5. The van der Waals surface area contributed by atoms with Crippen LogP contribution in [0.4, 0.5) is 5.69 Å². The Bertz CT molecular complexity index is 1070. The molecule has 36 heavy (non-hydrogen) atoms. The van der Waals surface area contributed by atoms with Crippen LogP contribution in [0.2, 0.25) is 0 Å². The first kappa shape index (κ1) is 28.4. The van der Waals surface area contributed by atoms with E-state index in [1.54, 1.807) is 43.5 Å². The monoisotopic (exact) mass is 494 g/mol. The number of rotatable bonds is 15. The van der Waals surface area contributed by atoms with E-state index in [1.165, 1.54) is 18.6 Å². The first-order valence-corrected chi connectivity index (χ1v) is 12.1. The molecule has 8 nitrogen and oxygen atoms in total. The van der Waals surface area contributed by atoms with Gasteiger partial charge in [-0.25, -0.2) is 4.79 Å². The van der Waals surface area contributed by atoms with E-state index in [0.29, 0.717) is 42.6 Å². The third kappa shape index (κ3) is 9.43. The lowest BCUT2D eigenvalue weighted by atomic mass is 10.1. The summed E-state index contributed by atoms with van der Waals surface area (Å²) in [5, 5.41) is 12.2. The molecule has 1 N–H and O–H groups in total. The molecule has 2 aromatic carbocycles. The maximum absolute atomic E-state index is 12.7. The molecule has 1 amide bonds. The van der Waals surface area contributed by atoms with Gasteiger partial charge in [0.1, 0.15) is 18.2 Å². The van der Waals surface area contributed by atoms with E-state index >= 15 is 0 Å². The van der Waals surface area contributed by atoms with Crippen molar-refractivity contribution in [3.05, 3.63) is 59.2 Å². The van der Waals surface area contributed by atoms with Crippen molar-refractivity contribution < 1.29 is 28.5 Å². The van der Waals surface area contributed by atoms with Gasteiger partial charge in [0.05, 0.1) is 25.9 Å². The number of methoxy groups -OCH3 is 1. The van der Waals surface area contributed by atoms with Gasteiger partial charge in [0.2, 0.25) is 0 Å². The number of amides is 1. The normalized spacial score (nSPS) is 10.9. The highest BCUT2D eigenvalue weighted by Crippen LogP contribution is 2.29. The average molecular weight is 495 g/mol. The first-order valence-electron chi connectivity index (χ1n) is 12.1. The number of hydrogen-bond donors (Lipinski definition) is 1. The molecule has 2 aromatic rings. The summed E-state index contributed by atoms with van der Waals surface area (Å²) in [5.41, 5.74) is 1.16. The van der Waals surface area contributed by atoms with Crippen LogP contribution in [-0.4, -0.2) is 45.4 Å². The lowest BCUT2D eigenvalue weighted by Crippen LogP contribution is -2.15. The fourth-order valence-electron chi connectivity index (χ4n) is 3.26. The Morgan fingerprint density at radius 3 is 2.56 bits per heavy atom. The van der Waals surface area contributed by atoms with Crippen molar-refractivity contribution in [2.75, 3.05) is 38.9 Å². The summed E-state index contributed by atoms with van der Waals surface area (Å²) in [6.07, 6.45) is 5.87. The second kappa shape index (κ2) is 16.0. The number of nitriles is 1. The van der Waals surface area contributed by atoms with E-state index in [9.17, 15) is 14.9 Å². The molecule has 0 aromatic heterocycles. The van der Waals surface area contributed by atoms with Crippen molar-refractivity contribution in [3.63, 3.8) is 0 Å². The molecule has 0 atom stereocenters. The zero-order valence-electron chi connectivity index (χ0n) is 21.2. The quantitative estimate of drug-likeness (QED) is 0.153. The fraction of sp³-hybridized carbons (Fsp3) is 0.393. The molecular formula is C28H34N2O6. The predicted molar refractivity (Wildman–Crippen MR) is 138 cm³/mol. The molecule has 0 radical (unpaired) electrons. The van der Waals surface area contributed by atoms with Gasteiger partial charge in [-0.2, -0.15) is 5.26 Å². The van der Waals surface area contributed by atoms with Crippen LogP contribution in [0.25, 0.3) is 6.08 Å². The summed E-state index contributed by atoms with van der Waals surface area (Å²) in [6.45, 7) is 5.59. The number of carbonyl (C=O) groups excluding carboxylic acids is 2. The highest BCUT2D eigenvalue weighted by Gasteiger charge is 2.13. The Morgan fingerprint density at radius 2 is 1.83 bits per heavy atom. The third-order valence-corrected chi connectivity index (χ3v) is 5.14. The Kier molecular flexibility index (Phi) is 12.6. The smallest absolute Gasteiger partial charge is 0.338 e. The van der Waals surface area contributed by atoms with Gasteiger partial charge in [-0.1, -0.05) is 38.3 Å². The molecule has 192 valence electrons. The Morgan fingerprint density at radius 1 is 1.00 bits per heavy atom. The van der Waals surface area contributed by atoms with Crippen molar-refractivity contribution in [1.82, 2.24) is 0 Å². The largest absolute Gasteiger partial charge is 0.493 e. The van der Waals surface area contributed by atoms with Crippen molar-refractivity contribution >= 4 is 23.6 Å². The second-order valence-electron chi connectivity index (χ2n) is 7.86. The highest BCUT2D eigenvalue weighted by atomic mass is 16.6. The standard InChI is InChI=1S/C28H34N2O6/c1-4-6-7-8-14-35-25-13-12-21(18-26(25)33-3)17-23(20-29)27(31)30-24-11-9-10-22(19-24)28(32)36-16-15-34-5-2/h9-13,17-19H,4-8,14-16H2,1-3H3,(H,30,31)/b23-17+. The molecule has 2 rings (SSSR count). The number of hydrogen-bond acceptors (Lipinski definition) is 7. The summed E-state index contributed by atoms with van der Waals surface area (Å²) in [4.78, 5) is 24.9. The molecular weight excluding hydrogens is 460 g/mol. The van der Waals surface area contributed by atoms with Crippen LogP contribution in [0.3, 0.4) is 0 Å². The summed E-state index contributed by atoms with van der Waals surface area (Å²) >= 11 is 0. The number of ether oxygens (including phenoxy) is 4.